The van der Waals surface area contributed by atoms with Crippen molar-refractivity contribution in [1.82, 2.24) is 19.7 Å². The summed E-state index contributed by atoms with van der Waals surface area (Å²) in [6.45, 7) is 7.31. The Hall–Kier alpha value is -1.89. The lowest BCUT2D eigenvalue weighted by atomic mass is 10.2. The van der Waals surface area contributed by atoms with Crippen molar-refractivity contribution in [3.63, 3.8) is 0 Å². The fourth-order valence-corrected chi connectivity index (χ4v) is 2.46. The Morgan fingerprint density at radius 3 is 2.48 bits per heavy atom. The van der Waals surface area contributed by atoms with Crippen LogP contribution in [0.5, 0.6) is 0 Å². The van der Waals surface area contributed by atoms with Crippen molar-refractivity contribution in [2.75, 3.05) is 34.2 Å². The summed E-state index contributed by atoms with van der Waals surface area (Å²) in [6, 6.07) is 1.93. The van der Waals surface area contributed by atoms with Crippen molar-refractivity contribution in [3.05, 3.63) is 23.0 Å². The van der Waals surface area contributed by atoms with Gasteiger partial charge in [-0.15, -0.1) is 0 Å². The van der Waals surface area contributed by atoms with E-state index < -0.39 is 5.60 Å². The van der Waals surface area contributed by atoms with Crippen molar-refractivity contribution in [2.24, 2.45) is 12.0 Å². The molecule has 0 aromatic carbocycles. The summed E-state index contributed by atoms with van der Waals surface area (Å²) in [7, 11) is 7.36. The van der Waals surface area contributed by atoms with Crippen LogP contribution < -0.4 is 5.32 Å². The van der Waals surface area contributed by atoms with Crippen molar-refractivity contribution >= 4 is 23.7 Å². The number of aliphatic imine (C=N–C) groups is 1. The molecule has 0 aliphatic heterocycles. The van der Waals surface area contributed by atoms with Gasteiger partial charge < -0.3 is 24.4 Å². The van der Waals surface area contributed by atoms with Gasteiger partial charge in [0.2, 0.25) is 0 Å². The first-order valence-electron chi connectivity index (χ1n) is 8.20. The second-order valence-corrected chi connectivity index (χ2v) is 7.43. The van der Waals surface area contributed by atoms with Crippen LogP contribution in [0.2, 0.25) is 5.02 Å². The Kier molecular flexibility index (Phi) is 7.60. The third-order valence-corrected chi connectivity index (χ3v) is 3.69. The molecule has 0 fully saturated rings. The molecule has 1 N–H and O–H groups in total. The number of nitrogens with zero attached hydrogens (tertiary/aromatic N) is 4. The zero-order valence-electron chi connectivity index (χ0n) is 16.3. The number of nitrogens with one attached hydrogen (secondary N) is 1. The number of hydrogen-bond donors (Lipinski definition) is 1. The van der Waals surface area contributed by atoms with Crippen LogP contribution in [0.25, 0.3) is 0 Å². The van der Waals surface area contributed by atoms with E-state index in [0.29, 0.717) is 24.7 Å². The molecular weight excluding hydrogens is 342 g/mol. The summed E-state index contributed by atoms with van der Waals surface area (Å²) in [4.78, 5) is 19.8. The van der Waals surface area contributed by atoms with Gasteiger partial charge in [0.25, 0.3) is 0 Å². The normalized spacial score (nSPS) is 12.1. The number of likely N-dealkylation sites (N-methyl/N-ethyl adjacent to an activating group) is 1. The smallest absolute Gasteiger partial charge is 0.410 e. The molecule has 0 bridgehead atoms. The van der Waals surface area contributed by atoms with E-state index in [1.165, 1.54) is 0 Å². The third kappa shape index (κ3) is 7.25. The van der Waals surface area contributed by atoms with Gasteiger partial charge in [-0.2, -0.15) is 0 Å². The molecule has 0 saturated carbocycles. The van der Waals surface area contributed by atoms with Gasteiger partial charge in [0.05, 0.1) is 11.6 Å². The Balaban J connectivity index is 2.48. The van der Waals surface area contributed by atoms with Gasteiger partial charge in [-0.05, 0) is 26.8 Å². The Morgan fingerprint density at radius 1 is 1.36 bits per heavy atom. The number of ether oxygens (including phenoxy) is 1. The van der Waals surface area contributed by atoms with Crippen LogP contribution in [0.15, 0.2) is 17.3 Å². The molecule has 0 spiro atoms. The number of amides is 1. The first-order valence-corrected chi connectivity index (χ1v) is 8.58. The Labute approximate surface area is 155 Å². The van der Waals surface area contributed by atoms with Gasteiger partial charge in [-0.3, -0.25) is 4.99 Å². The van der Waals surface area contributed by atoms with Crippen LogP contribution in [0, 0.1) is 0 Å². The van der Waals surface area contributed by atoms with Crippen LogP contribution in [0.3, 0.4) is 0 Å². The highest BCUT2D eigenvalue weighted by Gasteiger charge is 2.19. The van der Waals surface area contributed by atoms with Crippen LogP contribution >= 0.6 is 11.6 Å². The summed E-state index contributed by atoms with van der Waals surface area (Å²) < 4.78 is 7.32. The predicted molar refractivity (Wildman–Crippen MR) is 102 cm³/mol. The fraction of sp³-hybridized carbons (Fsp3) is 0.647. The highest BCUT2D eigenvalue weighted by molar-refractivity contribution is 6.30. The molecule has 1 amide bonds. The van der Waals surface area contributed by atoms with E-state index in [2.05, 4.69) is 10.3 Å². The lowest BCUT2D eigenvalue weighted by Gasteiger charge is -2.26. The number of aromatic nitrogens is 1. The maximum Gasteiger partial charge on any atom is 0.410 e. The first kappa shape index (κ1) is 21.2. The summed E-state index contributed by atoms with van der Waals surface area (Å²) in [6.07, 6.45) is 1.53. The summed E-state index contributed by atoms with van der Waals surface area (Å²) in [5.74, 6) is 0.745. The molecular formula is C17H30ClN5O2. The van der Waals surface area contributed by atoms with Crippen LogP contribution in [0.1, 0.15) is 26.5 Å². The van der Waals surface area contributed by atoms with Crippen LogP contribution in [0.4, 0.5) is 4.79 Å². The molecule has 142 valence electrons. The Morgan fingerprint density at radius 2 is 2.00 bits per heavy atom. The second-order valence-electron chi connectivity index (χ2n) is 6.99. The van der Waals surface area contributed by atoms with Crippen LogP contribution in [-0.4, -0.2) is 66.3 Å². The van der Waals surface area contributed by atoms with Crippen molar-refractivity contribution in [2.45, 2.75) is 32.9 Å². The van der Waals surface area contributed by atoms with Crippen LogP contribution in [-0.2, 0) is 18.3 Å². The molecule has 0 unspecified atom stereocenters. The molecule has 25 heavy (non-hydrogen) atoms. The molecule has 1 aromatic rings. The third-order valence-electron chi connectivity index (χ3n) is 3.48. The number of rotatable bonds is 5. The molecule has 1 heterocycles. The molecule has 1 rings (SSSR count). The molecule has 1 aromatic heterocycles. The SMILES string of the molecule is CN=C(NCCN(C)C(=O)OC(C)(C)C)N(C)Cc1cc(Cl)cn1C. The zero-order valence-corrected chi connectivity index (χ0v) is 17.0. The van der Waals surface area contributed by atoms with Gasteiger partial charge in [-0.25, -0.2) is 4.79 Å². The van der Waals surface area contributed by atoms with E-state index in [1.807, 2.05) is 56.6 Å². The lowest BCUT2D eigenvalue weighted by Crippen LogP contribution is -2.43. The maximum absolute atomic E-state index is 11.9. The fourth-order valence-electron chi connectivity index (χ4n) is 2.19. The molecule has 8 heteroatoms. The minimum absolute atomic E-state index is 0.337. The summed E-state index contributed by atoms with van der Waals surface area (Å²) in [5.41, 5.74) is 0.590. The minimum Gasteiger partial charge on any atom is -0.444 e. The lowest BCUT2D eigenvalue weighted by molar-refractivity contribution is 0.0302. The average molecular weight is 372 g/mol. The topological polar surface area (TPSA) is 62.1 Å². The number of halogens is 1. The molecule has 0 saturated heterocycles. The summed E-state index contributed by atoms with van der Waals surface area (Å²) in [5, 5.41) is 3.96. The standard InChI is InChI=1S/C17H30ClN5O2/c1-17(2,3)25-16(24)21(5)9-8-20-15(19-4)23(7)12-14-10-13(18)11-22(14)6/h10-11H,8-9,12H2,1-7H3,(H,19,20). The zero-order chi connectivity index (χ0) is 19.2. The maximum atomic E-state index is 11.9. The van der Waals surface area contributed by atoms with Gasteiger partial charge >= 0.3 is 6.09 Å². The number of guanidine groups is 1. The summed E-state index contributed by atoms with van der Waals surface area (Å²) >= 11 is 6.02. The van der Waals surface area contributed by atoms with Gasteiger partial charge in [0, 0.05) is 53.2 Å². The molecule has 0 aliphatic rings. The predicted octanol–water partition coefficient (Wildman–Crippen LogP) is 2.55. The first-order chi connectivity index (χ1) is 11.5. The average Bonchev–Trinajstić information content (AvgIpc) is 2.79. The molecule has 7 nitrogen and oxygen atoms in total. The Bertz CT molecular complexity index is 607. The van der Waals surface area contributed by atoms with Gasteiger partial charge in [0.15, 0.2) is 5.96 Å². The number of carbonyl (C=O) groups is 1. The highest BCUT2D eigenvalue weighted by atomic mass is 35.5. The van der Waals surface area contributed by atoms with E-state index in [9.17, 15) is 4.79 Å². The number of hydrogen-bond acceptors (Lipinski definition) is 3. The second kappa shape index (κ2) is 8.99. The monoisotopic (exact) mass is 371 g/mol. The highest BCUT2D eigenvalue weighted by Crippen LogP contribution is 2.14. The number of aryl methyl sites for hydroxylation is 1. The van der Waals surface area contributed by atoms with Gasteiger partial charge in [0.1, 0.15) is 5.60 Å². The van der Waals surface area contributed by atoms with E-state index in [-0.39, 0.29) is 6.09 Å². The van der Waals surface area contributed by atoms with E-state index in [4.69, 9.17) is 16.3 Å². The molecule has 0 aliphatic carbocycles. The van der Waals surface area contributed by atoms with E-state index in [0.717, 1.165) is 11.7 Å². The van der Waals surface area contributed by atoms with Crippen molar-refractivity contribution in [1.29, 1.82) is 0 Å². The minimum atomic E-state index is -0.495. The van der Waals surface area contributed by atoms with E-state index >= 15 is 0 Å². The largest absolute Gasteiger partial charge is 0.444 e. The quantitative estimate of drug-likeness (QED) is 0.638. The van der Waals surface area contributed by atoms with Crippen molar-refractivity contribution < 1.29 is 9.53 Å². The number of carbonyl (C=O) groups excluding carboxylic acids is 1. The van der Waals surface area contributed by atoms with Crippen molar-refractivity contribution in [3.8, 4) is 0 Å². The van der Waals surface area contributed by atoms with E-state index in [1.54, 1.807) is 19.0 Å². The molecule has 0 atom stereocenters. The van der Waals surface area contributed by atoms with Gasteiger partial charge in [-0.1, -0.05) is 11.6 Å². The molecule has 0 radical (unpaired) electrons.